The second-order valence-corrected chi connectivity index (χ2v) is 17.6. The zero-order valence-electron chi connectivity index (χ0n) is 37.3. The number of hydrogen-bond donors (Lipinski definition) is 0. The Morgan fingerprint density at radius 1 is 0.261 bits per heavy atom. The number of rotatable bonds is 8. The summed E-state index contributed by atoms with van der Waals surface area (Å²) in [5, 5.41) is 0. The average Bonchev–Trinajstić information content (AvgIpc) is 4.16. The number of nitrogens with zero attached hydrogens (tertiary/aromatic N) is 7. The van der Waals surface area contributed by atoms with Gasteiger partial charge in [-0.25, -0.2) is 9.97 Å². The first-order valence-electron chi connectivity index (χ1n) is 23.3. The first-order chi connectivity index (χ1) is 34.2. The van der Waals surface area contributed by atoms with Crippen LogP contribution in [-0.2, 0) is 0 Å². The van der Waals surface area contributed by atoms with Crippen molar-refractivity contribution in [3.63, 3.8) is 0 Å². The van der Waals surface area contributed by atoms with Gasteiger partial charge < -0.3 is 4.90 Å². The van der Waals surface area contributed by atoms with E-state index in [-0.39, 0.29) is 0 Å². The number of imidazole rings is 4. The van der Waals surface area contributed by atoms with Crippen LogP contribution in [0.1, 0.15) is 0 Å². The summed E-state index contributed by atoms with van der Waals surface area (Å²) >= 11 is 0. The molecular formula is C62H41N7. The van der Waals surface area contributed by atoms with Crippen molar-refractivity contribution in [2.24, 2.45) is 0 Å². The molecule has 7 nitrogen and oxygen atoms in total. The summed E-state index contributed by atoms with van der Waals surface area (Å²) < 4.78 is 9.18. The number of benzene rings is 10. The van der Waals surface area contributed by atoms with Crippen molar-refractivity contribution in [3.8, 4) is 44.8 Å². The van der Waals surface area contributed by atoms with Crippen molar-refractivity contribution >= 4 is 72.8 Å². The summed E-state index contributed by atoms with van der Waals surface area (Å²) in [6.45, 7) is 0. The van der Waals surface area contributed by atoms with Crippen molar-refractivity contribution in [2.45, 2.75) is 0 Å². The lowest BCUT2D eigenvalue weighted by atomic mass is 10.0. The van der Waals surface area contributed by atoms with E-state index < -0.39 is 0 Å². The lowest BCUT2D eigenvalue weighted by molar-refractivity contribution is 1.11. The minimum Gasteiger partial charge on any atom is -0.310 e. The van der Waals surface area contributed by atoms with Crippen molar-refractivity contribution in [2.75, 3.05) is 4.90 Å². The maximum absolute atomic E-state index is 5.44. The van der Waals surface area contributed by atoms with Crippen molar-refractivity contribution in [1.82, 2.24) is 27.9 Å². The van der Waals surface area contributed by atoms with E-state index in [1.807, 2.05) is 0 Å². The fraction of sp³-hybridized carbons (Fsp3) is 0. The van der Waals surface area contributed by atoms with Crippen molar-refractivity contribution in [1.29, 1.82) is 0 Å². The van der Waals surface area contributed by atoms with Crippen molar-refractivity contribution < 1.29 is 0 Å². The number of aromatic nitrogens is 6. The SMILES string of the molecule is c1ccc(-c2ccc(N(c3ccc(-c4ccccc4)cc3)c3ccc4c(c3)n3c5cc(-n6c7ccccc7n7c8ccccc8nc67)ccc5nc3n4-c3ccc(-c4ccccc4)cc3)cc2)cc1. The molecule has 0 radical (unpaired) electrons. The predicted molar refractivity (Wildman–Crippen MR) is 284 cm³/mol. The van der Waals surface area contributed by atoms with Gasteiger partial charge in [0.25, 0.3) is 0 Å². The summed E-state index contributed by atoms with van der Waals surface area (Å²) in [5.41, 5.74) is 20.5. The second-order valence-electron chi connectivity index (χ2n) is 17.6. The standard InChI is InChI=1S/C62H41N7/c1-4-14-42(15-5-1)45-24-30-48(31-25-45)65(49-32-26-46(27-33-49)43-16-6-2-7-17-43)51-37-39-58-60(41-51)69-59-40-52(67-56-22-12-13-23-57(56)68-55-21-11-10-20-53(55)63-62(67)68)36-38-54(59)64-61(69)66(58)50-34-28-47(29-35-50)44-18-8-3-9-19-44/h1-41H. The molecule has 0 spiro atoms. The lowest BCUT2D eigenvalue weighted by Crippen LogP contribution is -2.10. The molecule has 0 saturated heterocycles. The van der Waals surface area contributed by atoms with Gasteiger partial charge >= 0.3 is 0 Å². The van der Waals surface area contributed by atoms with Crippen LogP contribution in [-0.4, -0.2) is 27.9 Å². The molecule has 0 amide bonds. The molecule has 0 unspecified atom stereocenters. The van der Waals surface area contributed by atoms with Crippen LogP contribution in [0.15, 0.2) is 249 Å². The number of para-hydroxylation sites is 4. The highest BCUT2D eigenvalue weighted by atomic mass is 15.2. The Hall–Kier alpha value is -9.46. The molecule has 14 rings (SSSR count). The Morgan fingerprint density at radius 2 is 0.667 bits per heavy atom. The first-order valence-corrected chi connectivity index (χ1v) is 23.3. The number of anilines is 3. The molecule has 0 aliphatic heterocycles. The molecule has 324 valence electrons. The first kappa shape index (κ1) is 38.8. The van der Waals surface area contributed by atoms with Gasteiger partial charge in [0.1, 0.15) is 0 Å². The third kappa shape index (κ3) is 6.29. The van der Waals surface area contributed by atoms with Gasteiger partial charge in [0.15, 0.2) is 0 Å². The molecule has 0 aliphatic carbocycles. The molecule has 69 heavy (non-hydrogen) atoms. The van der Waals surface area contributed by atoms with Crippen LogP contribution in [0.4, 0.5) is 17.1 Å². The zero-order chi connectivity index (χ0) is 45.4. The van der Waals surface area contributed by atoms with Crippen LogP contribution < -0.4 is 4.90 Å². The normalized spacial score (nSPS) is 11.8. The highest BCUT2D eigenvalue weighted by Gasteiger charge is 2.23. The van der Waals surface area contributed by atoms with Gasteiger partial charge in [0.05, 0.1) is 49.8 Å². The molecule has 4 heterocycles. The van der Waals surface area contributed by atoms with Gasteiger partial charge in [-0.2, -0.15) is 0 Å². The summed E-state index contributed by atoms with van der Waals surface area (Å²) in [6, 6.07) is 88.6. The van der Waals surface area contributed by atoms with E-state index >= 15 is 0 Å². The molecule has 4 aromatic heterocycles. The monoisotopic (exact) mass is 883 g/mol. The minimum absolute atomic E-state index is 0.835. The van der Waals surface area contributed by atoms with E-state index in [0.29, 0.717) is 0 Å². The van der Waals surface area contributed by atoms with Crippen LogP contribution in [0.25, 0.3) is 100 Å². The zero-order valence-corrected chi connectivity index (χ0v) is 37.3. The Labute approximate surface area is 397 Å². The maximum atomic E-state index is 5.44. The molecule has 0 fully saturated rings. The van der Waals surface area contributed by atoms with E-state index in [2.05, 4.69) is 272 Å². The minimum atomic E-state index is 0.835. The van der Waals surface area contributed by atoms with Gasteiger partial charge in [-0.15, -0.1) is 0 Å². The Bertz CT molecular complexity index is 4120. The van der Waals surface area contributed by atoms with Crippen molar-refractivity contribution in [3.05, 3.63) is 249 Å². The number of hydrogen-bond acceptors (Lipinski definition) is 3. The molecule has 0 aliphatic rings. The molecule has 7 heteroatoms. The molecular weight excluding hydrogens is 843 g/mol. The molecule has 10 aromatic carbocycles. The van der Waals surface area contributed by atoms with E-state index in [1.54, 1.807) is 0 Å². The van der Waals surface area contributed by atoms with Gasteiger partial charge in [-0.05, 0) is 130 Å². The summed E-state index contributed by atoms with van der Waals surface area (Å²) in [6.07, 6.45) is 0. The Balaban J connectivity index is 0.996. The second kappa shape index (κ2) is 15.6. The fourth-order valence-corrected chi connectivity index (χ4v) is 10.3. The molecule has 0 saturated carbocycles. The molecule has 0 bridgehead atoms. The van der Waals surface area contributed by atoms with Gasteiger partial charge in [-0.1, -0.05) is 152 Å². The Kier molecular flexibility index (Phi) is 8.75. The summed E-state index contributed by atoms with van der Waals surface area (Å²) in [5.74, 6) is 1.70. The maximum Gasteiger partial charge on any atom is 0.220 e. The lowest BCUT2D eigenvalue weighted by Gasteiger charge is -2.26. The van der Waals surface area contributed by atoms with Gasteiger partial charge in [-0.3, -0.25) is 17.9 Å². The summed E-state index contributed by atoms with van der Waals surface area (Å²) in [7, 11) is 0. The van der Waals surface area contributed by atoms with Crippen LogP contribution in [0.3, 0.4) is 0 Å². The predicted octanol–water partition coefficient (Wildman–Crippen LogP) is 15.6. The number of fused-ring (bicyclic) bond motifs is 10. The third-order valence-electron chi connectivity index (χ3n) is 13.6. The molecule has 0 atom stereocenters. The van der Waals surface area contributed by atoms with E-state index in [4.69, 9.17) is 9.97 Å². The molecule has 0 N–H and O–H groups in total. The quantitative estimate of drug-likeness (QED) is 0.153. The average molecular weight is 884 g/mol. The van der Waals surface area contributed by atoms with Crippen LogP contribution in [0.5, 0.6) is 0 Å². The highest BCUT2D eigenvalue weighted by molar-refractivity contribution is 5.97. The van der Waals surface area contributed by atoms with E-state index in [1.165, 1.54) is 27.8 Å². The fourth-order valence-electron chi connectivity index (χ4n) is 10.3. The summed E-state index contributed by atoms with van der Waals surface area (Å²) in [4.78, 5) is 13.0. The third-order valence-corrected chi connectivity index (χ3v) is 13.6. The topological polar surface area (TPSA) is 47.7 Å². The van der Waals surface area contributed by atoms with Gasteiger partial charge in [0.2, 0.25) is 11.6 Å². The van der Waals surface area contributed by atoms with Crippen LogP contribution in [0, 0.1) is 0 Å². The highest BCUT2D eigenvalue weighted by Crippen LogP contribution is 2.41. The Morgan fingerprint density at radius 3 is 1.25 bits per heavy atom. The largest absolute Gasteiger partial charge is 0.310 e. The van der Waals surface area contributed by atoms with E-state index in [9.17, 15) is 0 Å². The van der Waals surface area contributed by atoms with Crippen LogP contribution >= 0.6 is 0 Å². The smallest absolute Gasteiger partial charge is 0.220 e. The van der Waals surface area contributed by atoms with Crippen LogP contribution in [0.2, 0.25) is 0 Å². The van der Waals surface area contributed by atoms with Gasteiger partial charge in [0, 0.05) is 22.7 Å². The van der Waals surface area contributed by atoms with E-state index in [0.717, 1.165) is 89.7 Å². The molecule has 14 aromatic rings.